The number of hydrogen-bond donors (Lipinski definition) is 2. The van der Waals surface area contributed by atoms with E-state index in [1.54, 1.807) is 6.07 Å². The lowest BCUT2D eigenvalue weighted by molar-refractivity contribution is 0.383. The van der Waals surface area contributed by atoms with Crippen LogP contribution in [0.4, 0.5) is 0 Å². The van der Waals surface area contributed by atoms with Crippen molar-refractivity contribution in [2.24, 2.45) is 0 Å². The summed E-state index contributed by atoms with van der Waals surface area (Å²) in [4.78, 5) is 0.338. The first-order valence-electron chi connectivity index (χ1n) is 6.40. The number of rotatable bonds is 5. The van der Waals surface area contributed by atoms with Gasteiger partial charge in [-0.1, -0.05) is 12.5 Å². The Morgan fingerprint density at radius 3 is 2.58 bits per heavy atom. The van der Waals surface area contributed by atoms with Crippen molar-refractivity contribution in [1.82, 2.24) is 10.0 Å². The monoisotopic (exact) mass is 346 g/mol. The molecule has 19 heavy (non-hydrogen) atoms. The summed E-state index contributed by atoms with van der Waals surface area (Å²) < 4.78 is 28.2. The van der Waals surface area contributed by atoms with Crippen LogP contribution in [-0.4, -0.2) is 21.5 Å². The van der Waals surface area contributed by atoms with Gasteiger partial charge in [0.05, 0.1) is 4.90 Å². The van der Waals surface area contributed by atoms with Crippen molar-refractivity contribution >= 4 is 26.0 Å². The number of aryl methyl sites for hydroxylation is 1. The number of nitrogens with one attached hydrogen (secondary N) is 2. The van der Waals surface area contributed by atoms with E-state index in [1.807, 2.05) is 20.0 Å². The van der Waals surface area contributed by atoms with Gasteiger partial charge in [-0.25, -0.2) is 13.1 Å². The third-order valence-electron chi connectivity index (χ3n) is 3.38. The van der Waals surface area contributed by atoms with Crippen LogP contribution in [0.25, 0.3) is 0 Å². The molecule has 0 aromatic heterocycles. The zero-order chi connectivity index (χ0) is 14.0. The summed E-state index contributed by atoms with van der Waals surface area (Å²) >= 11 is 3.39. The predicted octanol–water partition coefficient (Wildman–Crippen LogP) is 2.31. The zero-order valence-electron chi connectivity index (χ0n) is 11.2. The molecule has 0 heterocycles. The summed E-state index contributed by atoms with van der Waals surface area (Å²) in [6.07, 6.45) is 2.98. The highest BCUT2D eigenvalue weighted by atomic mass is 79.9. The molecule has 1 fully saturated rings. The minimum Gasteiger partial charge on any atom is -0.316 e. The minimum absolute atomic E-state index is 0.102. The van der Waals surface area contributed by atoms with Crippen molar-refractivity contribution in [3.63, 3.8) is 0 Å². The van der Waals surface area contributed by atoms with Crippen LogP contribution in [0, 0.1) is 6.92 Å². The third-order valence-corrected chi connectivity index (χ3v) is 6.24. The summed E-state index contributed by atoms with van der Waals surface area (Å²) in [5.74, 6) is 0. The van der Waals surface area contributed by atoms with E-state index in [2.05, 4.69) is 26.0 Å². The molecule has 106 valence electrons. The van der Waals surface area contributed by atoms with Gasteiger partial charge >= 0.3 is 0 Å². The van der Waals surface area contributed by atoms with Gasteiger partial charge < -0.3 is 5.32 Å². The molecule has 0 atom stereocenters. The SMILES string of the molecule is CNCc1cc(C)c(Br)c(S(=O)(=O)NC2CCC2)c1. The van der Waals surface area contributed by atoms with E-state index >= 15 is 0 Å². The summed E-state index contributed by atoms with van der Waals surface area (Å²) in [6, 6.07) is 3.82. The highest BCUT2D eigenvalue weighted by Gasteiger charge is 2.26. The molecule has 0 bridgehead atoms. The zero-order valence-corrected chi connectivity index (χ0v) is 13.6. The molecule has 0 spiro atoms. The van der Waals surface area contributed by atoms with Crippen LogP contribution in [0.3, 0.4) is 0 Å². The number of hydrogen-bond acceptors (Lipinski definition) is 3. The molecule has 2 N–H and O–H groups in total. The van der Waals surface area contributed by atoms with Crippen molar-refractivity contribution in [3.05, 3.63) is 27.7 Å². The van der Waals surface area contributed by atoms with Crippen LogP contribution in [0.15, 0.2) is 21.5 Å². The van der Waals surface area contributed by atoms with Crippen molar-refractivity contribution in [1.29, 1.82) is 0 Å². The first kappa shape index (κ1) is 15.0. The molecule has 0 radical (unpaired) electrons. The van der Waals surface area contributed by atoms with E-state index in [9.17, 15) is 8.42 Å². The molecular weight excluding hydrogens is 328 g/mol. The fourth-order valence-electron chi connectivity index (χ4n) is 2.12. The average Bonchev–Trinajstić information content (AvgIpc) is 2.29. The molecule has 0 aliphatic heterocycles. The maximum absolute atomic E-state index is 12.4. The summed E-state index contributed by atoms with van der Waals surface area (Å²) in [5, 5.41) is 3.04. The van der Waals surface area contributed by atoms with Crippen LogP contribution in [0.2, 0.25) is 0 Å². The fraction of sp³-hybridized carbons (Fsp3) is 0.538. The van der Waals surface area contributed by atoms with Crippen molar-refractivity contribution in [2.75, 3.05) is 7.05 Å². The van der Waals surface area contributed by atoms with Gasteiger partial charge in [0.2, 0.25) is 10.0 Å². The summed E-state index contributed by atoms with van der Waals surface area (Å²) in [5.41, 5.74) is 1.90. The van der Waals surface area contributed by atoms with Crippen LogP contribution in [0.1, 0.15) is 30.4 Å². The van der Waals surface area contributed by atoms with E-state index in [0.29, 0.717) is 15.9 Å². The highest BCUT2D eigenvalue weighted by molar-refractivity contribution is 9.10. The van der Waals surface area contributed by atoms with Gasteiger partial charge in [-0.05, 0) is 59.9 Å². The lowest BCUT2D eigenvalue weighted by Crippen LogP contribution is -2.39. The van der Waals surface area contributed by atoms with Crippen LogP contribution in [-0.2, 0) is 16.6 Å². The van der Waals surface area contributed by atoms with E-state index < -0.39 is 10.0 Å². The molecule has 2 rings (SSSR count). The average molecular weight is 347 g/mol. The first-order valence-corrected chi connectivity index (χ1v) is 8.67. The van der Waals surface area contributed by atoms with E-state index in [-0.39, 0.29) is 6.04 Å². The first-order chi connectivity index (χ1) is 8.94. The third kappa shape index (κ3) is 3.37. The highest BCUT2D eigenvalue weighted by Crippen LogP contribution is 2.29. The second-order valence-electron chi connectivity index (χ2n) is 5.00. The van der Waals surface area contributed by atoms with Crippen molar-refractivity contribution < 1.29 is 8.42 Å². The molecular formula is C13H19BrN2O2S. The van der Waals surface area contributed by atoms with Crippen LogP contribution >= 0.6 is 15.9 Å². The van der Waals surface area contributed by atoms with Crippen molar-refractivity contribution in [2.45, 2.75) is 43.7 Å². The van der Waals surface area contributed by atoms with Gasteiger partial charge in [0, 0.05) is 17.1 Å². The fourth-order valence-corrected chi connectivity index (χ4v) is 4.49. The number of benzene rings is 1. The van der Waals surface area contributed by atoms with Crippen LogP contribution in [0.5, 0.6) is 0 Å². The number of halogens is 1. The van der Waals surface area contributed by atoms with Gasteiger partial charge in [-0.15, -0.1) is 0 Å². The van der Waals surface area contributed by atoms with Gasteiger partial charge in [0.15, 0.2) is 0 Å². The van der Waals surface area contributed by atoms with E-state index in [4.69, 9.17) is 0 Å². The molecule has 1 aromatic carbocycles. The van der Waals surface area contributed by atoms with E-state index in [0.717, 1.165) is 30.4 Å². The molecule has 1 aliphatic carbocycles. The van der Waals surface area contributed by atoms with E-state index in [1.165, 1.54) is 0 Å². The molecule has 0 unspecified atom stereocenters. The maximum atomic E-state index is 12.4. The Hall–Kier alpha value is -0.430. The van der Waals surface area contributed by atoms with Gasteiger partial charge in [-0.2, -0.15) is 0 Å². The van der Waals surface area contributed by atoms with Gasteiger partial charge in [0.25, 0.3) is 0 Å². The largest absolute Gasteiger partial charge is 0.316 e. The topological polar surface area (TPSA) is 58.2 Å². The lowest BCUT2D eigenvalue weighted by atomic mass is 9.94. The second-order valence-corrected chi connectivity index (χ2v) is 7.48. The van der Waals surface area contributed by atoms with Crippen molar-refractivity contribution in [3.8, 4) is 0 Å². The number of sulfonamides is 1. The van der Waals surface area contributed by atoms with Gasteiger partial charge in [0.1, 0.15) is 0 Å². The standard InChI is InChI=1S/C13H19BrN2O2S/c1-9-6-10(8-15-2)7-12(13(9)14)19(17,18)16-11-4-3-5-11/h6-7,11,15-16H,3-5,8H2,1-2H3. The maximum Gasteiger partial charge on any atom is 0.241 e. The van der Waals surface area contributed by atoms with Crippen LogP contribution < -0.4 is 10.0 Å². The summed E-state index contributed by atoms with van der Waals surface area (Å²) in [7, 11) is -1.59. The normalized spacial score (nSPS) is 16.4. The molecule has 1 saturated carbocycles. The molecule has 6 heteroatoms. The second kappa shape index (κ2) is 5.91. The Morgan fingerprint density at radius 1 is 1.37 bits per heavy atom. The Balaban J connectivity index is 2.36. The molecule has 0 amide bonds. The summed E-state index contributed by atoms with van der Waals surface area (Å²) in [6.45, 7) is 2.56. The predicted molar refractivity (Wildman–Crippen MR) is 79.6 cm³/mol. The molecule has 0 saturated heterocycles. The molecule has 1 aromatic rings. The van der Waals surface area contributed by atoms with Gasteiger partial charge in [-0.3, -0.25) is 0 Å². The Kier molecular flexibility index (Phi) is 4.66. The smallest absolute Gasteiger partial charge is 0.241 e. The quantitative estimate of drug-likeness (QED) is 0.859. The molecule has 4 nitrogen and oxygen atoms in total. The molecule has 1 aliphatic rings. The Bertz CT molecular complexity index is 568. The Morgan fingerprint density at radius 2 is 2.05 bits per heavy atom. The Labute approximate surface area is 123 Å². The lowest BCUT2D eigenvalue weighted by Gasteiger charge is -2.26. The minimum atomic E-state index is -3.44.